The van der Waals surface area contributed by atoms with E-state index < -0.39 is 5.97 Å². The Labute approximate surface area is 88.7 Å². The molecule has 5 heteroatoms. The molecule has 0 saturated heterocycles. The second kappa shape index (κ2) is 3.15. The van der Waals surface area contributed by atoms with E-state index in [1.54, 1.807) is 12.1 Å². The quantitative estimate of drug-likeness (QED) is 0.788. The van der Waals surface area contributed by atoms with Gasteiger partial charge in [-0.3, -0.25) is 0 Å². The molecule has 0 aliphatic rings. The summed E-state index contributed by atoms with van der Waals surface area (Å²) in [6, 6.07) is 4.90. The van der Waals surface area contributed by atoms with Gasteiger partial charge in [0.25, 0.3) is 0 Å². The smallest absolute Gasteiger partial charge is 0.337 e. The van der Waals surface area contributed by atoms with Crippen molar-refractivity contribution in [3.8, 4) is 0 Å². The first kappa shape index (κ1) is 9.30. The van der Waals surface area contributed by atoms with Crippen molar-refractivity contribution in [1.29, 1.82) is 0 Å². The third kappa shape index (κ3) is 1.42. The summed E-state index contributed by atoms with van der Waals surface area (Å²) in [7, 11) is 0. The van der Waals surface area contributed by atoms with Crippen LogP contribution in [0.2, 0.25) is 5.02 Å². The molecule has 1 heterocycles. The SMILES string of the molecule is Nc1cc2cc(C(=O)O)c(Cl)cc2s1. The van der Waals surface area contributed by atoms with Crippen molar-refractivity contribution in [2.24, 2.45) is 0 Å². The summed E-state index contributed by atoms with van der Waals surface area (Å²) in [6.45, 7) is 0. The number of carbonyl (C=O) groups is 1. The predicted octanol–water partition coefficient (Wildman–Crippen LogP) is 2.84. The number of nitrogen functional groups attached to an aromatic ring is 1. The summed E-state index contributed by atoms with van der Waals surface area (Å²) < 4.78 is 0.900. The van der Waals surface area contributed by atoms with Crippen molar-refractivity contribution in [1.82, 2.24) is 0 Å². The molecule has 0 spiro atoms. The maximum Gasteiger partial charge on any atom is 0.337 e. The number of benzene rings is 1. The zero-order valence-corrected chi connectivity index (χ0v) is 8.52. The maximum atomic E-state index is 10.8. The molecular weight excluding hydrogens is 222 g/mol. The minimum absolute atomic E-state index is 0.108. The van der Waals surface area contributed by atoms with Gasteiger partial charge in [-0.1, -0.05) is 11.6 Å². The minimum Gasteiger partial charge on any atom is -0.478 e. The van der Waals surface area contributed by atoms with Crippen molar-refractivity contribution in [2.45, 2.75) is 0 Å². The average Bonchev–Trinajstić information content (AvgIpc) is 2.42. The molecule has 0 amide bonds. The van der Waals surface area contributed by atoms with Crippen LogP contribution in [0, 0.1) is 0 Å². The molecule has 1 aromatic carbocycles. The van der Waals surface area contributed by atoms with Crippen LogP contribution in [-0.2, 0) is 0 Å². The Morgan fingerprint density at radius 1 is 1.43 bits per heavy atom. The van der Waals surface area contributed by atoms with Crippen LogP contribution in [0.5, 0.6) is 0 Å². The zero-order chi connectivity index (χ0) is 10.3. The van der Waals surface area contributed by atoms with Gasteiger partial charge in [0.1, 0.15) is 0 Å². The number of halogens is 1. The molecule has 72 valence electrons. The first-order valence-electron chi connectivity index (χ1n) is 3.80. The summed E-state index contributed by atoms with van der Waals surface area (Å²) in [6.07, 6.45) is 0. The molecule has 0 aliphatic carbocycles. The Bertz CT molecular complexity index is 521. The Morgan fingerprint density at radius 2 is 2.14 bits per heavy atom. The fraction of sp³-hybridized carbons (Fsp3) is 0. The highest BCUT2D eigenvalue weighted by molar-refractivity contribution is 7.22. The third-order valence-electron chi connectivity index (χ3n) is 1.86. The van der Waals surface area contributed by atoms with E-state index in [1.165, 1.54) is 17.4 Å². The molecule has 2 rings (SSSR count). The number of thiophene rings is 1. The van der Waals surface area contributed by atoms with Crippen molar-refractivity contribution >= 4 is 44.0 Å². The van der Waals surface area contributed by atoms with Gasteiger partial charge in [0.2, 0.25) is 0 Å². The summed E-state index contributed by atoms with van der Waals surface area (Å²) in [4.78, 5) is 10.8. The average molecular weight is 228 g/mol. The molecule has 0 fully saturated rings. The van der Waals surface area contributed by atoms with E-state index in [2.05, 4.69) is 0 Å². The van der Waals surface area contributed by atoms with Crippen LogP contribution in [0.4, 0.5) is 5.00 Å². The molecule has 2 aromatic rings. The van der Waals surface area contributed by atoms with Gasteiger partial charge in [0.15, 0.2) is 0 Å². The van der Waals surface area contributed by atoms with Crippen LogP contribution in [0.25, 0.3) is 10.1 Å². The number of hydrogen-bond donors (Lipinski definition) is 2. The summed E-state index contributed by atoms with van der Waals surface area (Å²) >= 11 is 7.18. The van der Waals surface area contributed by atoms with Gasteiger partial charge in [-0.2, -0.15) is 0 Å². The highest BCUT2D eigenvalue weighted by Gasteiger charge is 2.11. The van der Waals surface area contributed by atoms with Crippen LogP contribution < -0.4 is 5.73 Å². The standard InChI is InChI=1S/C9H6ClNO2S/c10-6-3-7-4(2-8(11)14-7)1-5(6)9(12)13/h1-3H,11H2,(H,12,13). The summed E-state index contributed by atoms with van der Waals surface area (Å²) in [5, 5.41) is 10.5. The molecule has 0 radical (unpaired) electrons. The second-order valence-electron chi connectivity index (χ2n) is 2.82. The van der Waals surface area contributed by atoms with Crippen molar-refractivity contribution < 1.29 is 9.90 Å². The van der Waals surface area contributed by atoms with Gasteiger partial charge in [-0.25, -0.2) is 4.79 Å². The first-order valence-corrected chi connectivity index (χ1v) is 4.99. The molecular formula is C9H6ClNO2S. The summed E-state index contributed by atoms with van der Waals surface area (Å²) in [5.74, 6) is -1.03. The van der Waals surface area contributed by atoms with Gasteiger partial charge >= 0.3 is 5.97 Å². The van der Waals surface area contributed by atoms with E-state index >= 15 is 0 Å². The van der Waals surface area contributed by atoms with Crippen molar-refractivity contribution in [3.05, 3.63) is 28.8 Å². The fourth-order valence-corrected chi connectivity index (χ4v) is 2.41. The monoisotopic (exact) mass is 227 g/mol. The topological polar surface area (TPSA) is 63.3 Å². The Balaban J connectivity index is 2.76. The number of anilines is 1. The van der Waals surface area contributed by atoms with Crippen LogP contribution in [0.1, 0.15) is 10.4 Å². The fourth-order valence-electron chi connectivity index (χ4n) is 1.25. The number of nitrogens with two attached hydrogens (primary N) is 1. The van der Waals surface area contributed by atoms with Gasteiger partial charge < -0.3 is 10.8 Å². The number of aromatic carboxylic acids is 1. The lowest BCUT2D eigenvalue weighted by atomic mass is 10.2. The van der Waals surface area contributed by atoms with Crippen molar-refractivity contribution in [2.75, 3.05) is 5.73 Å². The van der Waals surface area contributed by atoms with Gasteiger partial charge in [-0.15, -0.1) is 11.3 Å². The Hall–Kier alpha value is -1.26. The zero-order valence-electron chi connectivity index (χ0n) is 6.95. The van der Waals surface area contributed by atoms with E-state index in [0.717, 1.165) is 10.1 Å². The van der Waals surface area contributed by atoms with Crippen LogP contribution in [0.3, 0.4) is 0 Å². The Morgan fingerprint density at radius 3 is 2.79 bits per heavy atom. The molecule has 3 nitrogen and oxygen atoms in total. The number of carboxylic acids is 1. The molecule has 0 saturated carbocycles. The number of rotatable bonds is 1. The third-order valence-corrected chi connectivity index (χ3v) is 3.10. The number of carboxylic acid groups (broad SMARTS) is 1. The molecule has 0 atom stereocenters. The van der Waals surface area contributed by atoms with E-state index in [9.17, 15) is 4.79 Å². The maximum absolute atomic E-state index is 10.8. The second-order valence-corrected chi connectivity index (χ2v) is 4.35. The lowest BCUT2D eigenvalue weighted by Crippen LogP contribution is -1.96. The molecule has 14 heavy (non-hydrogen) atoms. The minimum atomic E-state index is -1.03. The summed E-state index contributed by atoms with van der Waals surface area (Å²) in [5.41, 5.74) is 5.70. The number of fused-ring (bicyclic) bond motifs is 1. The molecule has 0 aliphatic heterocycles. The van der Waals surface area contributed by atoms with E-state index in [1.807, 2.05) is 0 Å². The van der Waals surface area contributed by atoms with Crippen LogP contribution >= 0.6 is 22.9 Å². The van der Waals surface area contributed by atoms with E-state index in [0.29, 0.717) is 5.00 Å². The van der Waals surface area contributed by atoms with Gasteiger partial charge in [0, 0.05) is 4.70 Å². The van der Waals surface area contributed by atoms with Crippen LogP contribution in [0.15, 0.2) is 18.2 Å². The predicted molar refractivity (Wildman–Crippen MR) is 58.2 cm³/mol. The lowest BCUT2D eigenvalue weighted by molar-refractivity contribution is 0.0697. The molecule has 0 unspecified atom stereocenters. The van der Waals surface area contributed by atoms with Gasteiger partial charge in [0.05, 0.1) is 15.6 Å². The largest absolute Gasteiger partial charge is 0.478 e. The highest BCUT2D eigenvalue weighted by atomic mass is 35.5. The normalized spacial score (nSPS) is 10.6. The Kier molecular flexibility index (Phi) is 2.09. The van der Waals surface area contributed by atoms with E-state index in [-0.39, 0.29) is 10.6 Å². The van der Waals surface area contributed by atoms with Crippen molar-refractivity contribution in [3.63, 3.8) is 0 Å². The molecule has 1 aromatic heterocycles. The van der Waals surface area contributed by atoms with Crippen LogP contribution in [-0.4, -0.2) is 11.1 Å². The molecule has 3 N–H and O–H groups in total. The van der Waals surface area contributed by atoms with E-state index in [4.69, 9.17) is 22.4 Å². The highest BCUT2D eigenvalue weighted by Crippen LogP contribution is 2.31. The molecule has 0 bridgehead atoms. The first-order chi connectivity index (χ1) is 6.58. The van der Waals surface area contributed by atoms with Gasteiger partial charge in [-0.05, 0) is 23.6 Å². The lowest BCUT2D eigenvalue weighted by Gasteiger charge is -1.97. The number of hydrogen-bond acceptors (Lipinski definition) is 3.